The van der Waals surface area contributed by atoms with Gasteiger partial charge in [-0.25, -0.2) is 14.8 Å². The van der Waals surface area contributed by atoms with E-state index in [9.17, 15) is 13.2 Å². The molecule has 4 aromatic rings. The number of pyridine rings is 1. The molecule has 0 bridgehead atoms. The van der Waals surface area contributed by atoms with Crippen LogP contribution in [0.5, 0.6) is 0 Å². The third-order valence-electron chi connectivity index (χ3n) is 5.42. The highest BCUT2D eigenvalue weighted by atomic mass is 19.4. The fourth-order valence-corrected chi connectivity index (χ4v) is 3.62. The fourth-order valence-electron chi connectivity index (χ4n) is 3.62. The summed E-state index contributed by atoms with van der Waals surface area (Å²) in [5.74, 6) is -1.96. The van der Waals surface area contributed by atoms with E-state index in [1.54, 1.807) is 24.4 Å². The highest BCUT2D eigenvalue weighted by molar-refractivity contribution is 5.82. The molecule has 35 heavy (non-hydrogen) atoms. The van der Waals surface area contributed by atoms with Gasteiger partial charge in [-0.3, -0.25) is 4.68 Å². The van der Waals surface area contributed by atoms with Crippen LogP contribution in [-0.4, -0.2) is 50.1 Å². The van der Waals surface area contributed by atoms with Gasteiger partial charge in [-0.15, -0.1) is 0 Å². The summed E-state index contributed by atoms with van der Waals surface area (Å²) in [5.41, 5.74) is 16.5. The third-order valence-corrected chi connectivity index (χ3v) is 5.42. The monoisotopic (exact) mass is 489 g/mol. The largest absolute Gasteiger partial charge is 0.490 e. The van der Waals surface area contributed by atoms with Crippen molar-refractivity contribution in [3.8, 4) is 22.6 Å². The number of rotatable bonds is 3. The summed E-state index contributed by atoms with van der Waals surface area (Å²) in [6, 6.07) is 7.74. The quantitative estimate of drug-likeness (QED) is 0.316. The zero-order valence-corrected chi connectivity index (χ0v) is 18.3. The first-order valence-corrected chi connectivity index (χ1v) is 10.6. The van der Waals surface area contributed by atoms with Gasteiger partial charge < -0.3 is 26.3 Å². The summed E-state index contributed by atoms with van der Waals surface area (Å²) in [5, 5.41) is 15.1. The maximum Gasteiger partial charge on any atom is 0.490 e. The fraction of sp³-hybridized carbons (Fsp3) is 0.273. The maximum atomic E-state index is 10.6. The number of carboxylic acid groups (broad SMARTS) is 1. The lowest BCUT2D eigenvalue weighted by Crippen LogP contribution is -2.29. The predicted octanol–water partition coefficient (Wildman–Crippen LogP) is 3.48. The number of benzene rings is 1. The molecule has 3 aromatic heterocycles. The van der Waals surface area contributed by atoms with Gasteiger partial charge in [0.05, 0.1) is 17.8 Å². The van der Waals surface area contributed by atoms with Crippen molar-refractivity contribution in [2.45, 2.75) is 25.1 Å². The number of aromatic nitrogens is 4. The average molecular weight is 489 g/mol. The van der Waals surface area contributed by atoms with E-state index in [-0.39, 0.29) is 0 Å². The molecular weight excluding hydrogens is 467 g/mol. The SMILES string of the molecule is Nc1ccc2oc(-c3cc(-c4cnn(C5CCNCC5)c4)cnc3N)nc2c1.O=C(O)C(F)(F)F. The van der Waals surface area contributed by atoms with Crippen molar-refractivity contribution in [3.63, 3.8) is 0 Å². The Bertz CT molecular complexity index is 1340. The molecule has 1 saturated heterocycles. The zero-order chi connectivity index (χ0) is 25.2. The lowest BCUT2D eigenvalue weighted by atomic mass is 10.1. The van der Waals surface area contributed by atoms with Crippen molar-refractivity contribution in [1.82, 2.24) is 25.1 Å². The standard InChI is InChI=1S/C20H21N7O.C2HF3O2/c21-14-1-2-18-17(8-14)26-20(28-18)16-7-12(9-24-19(16)22)13-10-25-27(11-13)15-3-5-23-6-4-15;3-2(4,5)1(6)7/h1-2,7-11,15,23H,3-6,21H2,(H2,22,24);(H,6,7). The van der Waals surface area contributed by atoms with Crippen molar-refractivity contribution in [3.05, 3.63) is 42.9 Å². The Morgan fingerprint density at radius 1 is 1.14 bits per heavy atom. The topological polar surface area (TPSA) is 158 Å². The summed E-state index contributed by atoms with van der Waals surface area (Å²) in [7, 11) is 0. The van der Waals surface area contributed by atoms with Crippen LogP contribution < -0.4 is 16.8 Å². The Morgan fingerprint density at radius 2 is 1.86 bits per heavy atom. The third kappa shape index (κ3) is 5.51. The van der Waals surface area contributed by atoms with Gasteiger partial charge in [0.15, 0.2) is 5.58 Å². The molecule has 1 aliphatic rings. The lowest BCUT2D eigenvalue weighted by molar-refractivity contribution is -0.192. The molecule has 5 rings (SSSR count). The van der Waals surface area contributed by atoms with Crippen molar-refractivity contribution in [1.29, 1.82) is 0 Å². The van der Waals surface area contributed by atoms with Crippen LogP contribution in [0, 0.1) is 0 Å². The number of aliphatic carboxylic acids is 1. The minimum atomic E-state index is -5.08. The van der Waals surface area contributed by atoms with Gasteiger partial charge in [-0.2, -0.15) is 18.3 Å². The Hall–Kier alpha value is -4.13. The number of piperidine rings is 1. The number of halogens is 3. The maximum absolute atomic E-state index is 10.6. The van der Waals surface area contributed by atoms with Gasteiger partial charge in [0.2, 0.25) is 5.89 Å². The normalized spacial score (nSPS) is 14.5. The van der Waals surface area contributed by atoms with E-state index in [2.05, 4.69) is 31.3 Å². The summed E-state index contributed by atoms with van der Waals surface area (Å²) in [6.07, 6.45) is 2.77. The molecule has 10 nitrogen and oxygen atoms in total. The molecule has 6 N–H and O–H groups in total. The van der Waals surface area contributed by atoms with Gasteiger partial charge in [-0.1, -0.05) is 0 Å². The van der Waals surface area contributed by atoms with Gasteiger partial charge in [0.1, 0.15) is 11.3 Å². The van der Waals surface area contributed by atoms with E-state index in [0.717, 1.165) is 37.1 Å². The highest BCUT2D eigenvalue weighted by Gasteiger charge is 2.38. The highest BCUT2D eigenvalue weighted by Crippen LogP contribution is 2.32. The molecular formula is C22H22F3N7O3. The Morgan fingerprint density at radius 3 is 2.54 bits per heavy atom. The smallest absolute Gasteiger partial charge is 0.475 e. The van der Waals surface area contributed by atoms with E-state index >= 15 is 0 Å². The number of oxazole rings is 1. The molecule has 0 spiro atoms. The Kier molecular flexibility index (Phi) is 6.60. The van der Waals surface area contributed by atoms with Gasteiger partial charge in [0.25, 0.3) is 0 Å². The number of alkyl halides is 3. The Balaban J connectivity index is 0.000000364. The first kappa shape index (κ1) is 24.0. The molecule has 13 heteroatoms. The molecule has 1 aliphatic heterocycles. The van der Waals surface area contributed by atoms with E-state index in [4.69, 9.17) is 25.8 Å². The molecule has 1 aromatic carbocycles. The van der Waals surface area contributed by atoms with Gasteiger partial charge in [-0.05, 0) is 50.2 Å². The van der Waals surface area contributed by atoms with E-state index in [1.807, 2.05) is 12.3 Å². The number of hydrogen-bond acceptors (Lipinski definition) is 8. The second-order valence-electron chi connectivity index (χ2n) is 7.90. The summed E-state index contributed by atoms with van der Waals surface area (Å²) >= 11 is 0. The van der Waals surface area contributed by atoms with Crippen LogP contribution >= 0.6 is 0 Å². The number of carboxylic acids is 1. The van der Waals surface area contributed by atoms with Crippen LogP contribution in [0.2, 0.25) is 0 Å². The van der Waals surface area contributed by atoms with Crippen molar-refractivity contribution < 1.29 is 27.5 Å². The molecule has 0 atom stereocenters. The molecule has 0 unspecified atom stereocenters. The van der Waals surface area contributed by atoms with Crippen molar-refractivity contribution >= 4 is 28.6 Å². The summed E-state index contributed by atoms with van der Waals surface area (Å²) < 4.78 is 39.7. The van der Waals surface area contributed by atoms with Crippen LogP contribution in [-0.2, 0) is 4.79 Å². The van der Waals surface area contributed by atoms with Gasteiger partial charge >= 0.3 is 12.1 Å². The van der Waals surface area contributed by atoms with E-state index in [0.29, 0.717) is 40.1 Å². The number of nitrogen functional groups attached to an aromatic ring is 2. The summed E-state index contributed by atoms with van der Waals surface area (Å²) in [6.45, 7) is 2.05. The summed E-state index contributed by atoms with van der Waals surface area (Å²) in [4.78, 5) is 17.8. The first-order valence-electron chi connectivity index (χ1n) is 10.6. The lowest BCUT2D eigenvalue weighted by Gasteiger charge is -2.22. The second-order valence-corrected chi connectivity index (χ2v) is 7.90. The number of hydrogen-bond donors (Lipinski definition) is 4. The molecule has 1 fully saturated rings. The first-order chi connectivity index (χ1) is 16.6. The van der Waals surface area contributed by atoms with E-state index in [1.165, 1.54) is 0 Å². The van der Waals surface area contributed by atoms with Crippen LogP contribution in [0.4, 0.5) is 24.7 Å². The van der Waals surface area contributed by atoms with Gasteiger partial charge in [0, 0.05) is 29.2 Å². The van der Waals surface area contributed by atoms with Crippen molar-refractivity contribution in [2.75, 3.05) is 24.6 Å². The number of carbonyl (C=O) groups is 1. The molecule has 0 aliphatic carbocycles. The molecule has 0 saturated carbocycles. The average Bonchev–Trinajstić information content (AvgIpc) is 3.47. The minimum Gasteiger partial charge on any atom is -0.475 e. The second kappa shape index (κ2) is 9.62. The molecule has 184 valence electrons. The molecule has 0 amide bonds. The number of fused-ring (bicyclic) bond motifs is 1. The van der Waals surface area contributed by atoms with Crippen LogP contribution in [0.25, 0.3) is 33.7 Å². The number of nitrogens with two attached hydrogens (primary N) is 2. The van der Waals surface area contributed by atoms with Crippen LogP contribution in [0.3, 0.4) is 0 Å². The zero-order valence-electron chi connectivity index (χ0n) is 18.3. The van der Waals surface area contributed by atoms with E-state index < -0.39 is 12.1 Å². The van der Waals surface area contributed by atoms with Crippen LogP contribution in [0.15, 0.2) is 47.3 Å². The number of nitrogens with zero attached hydrogens (tertiary/aromatic N) is 4. The van der Waals surface area contributed by atoms with Crippen molar-refractivity contribution in [2.24, 2.45) is 0 Å². The minimum absolute atomic E-state index is 0.369. The Labute approximate surface area is 196 Å². The molecule has 0 radical (unpaired) electrons. The van der Waals surface area contributed by atoms with Crippen LogP contribution in [0.1, 0.15) is 18.9 Å². The predicted molar refractivity (Wildman–Crippen MR) is 122 cm³/mol. The molecule has 4 heterocycles. The number of anilines is 2. The number of nitrogens with one attached hydrogen (secondary N) is 1.